The molecule has 10 nitrogen and oxygen atoms in total. The van der Waals surface area contributed by atoms with E-state index in [1.54, 1.807) is 0 Å². The SMILES string of the molecule is O=c1[nH]c(=O)n(C2CC(O)C(COP(=O)([O-])[O-])O2)cc1-c1ccc(C(F)(F)F)cc1. The summed E-state index contributed by atoms with van der Waals surface area (Å²) in [6.07, 6.45) is -7.38. The van der Waals surface area contributed by atoms with E-state index in [1.807, 2.05) is 4.98 Å². The van der Waals surface area contributed by atoms with Gasteiger partial charge in [-0.15, -0.1) is 0 Å². The van der Waals surface area contributed by atoms with Gasteiger partial charge in [0.05, 0.1) is 31.7 Å². The lowest BCUT2D eigenvalue weighted by Gasteiger charge is -2.30. The molecule has 0 radical (unpaired) electrons. The number of phosphoric ester groups is 1. The number of aliphatic hydroxyl groups is 1. The van der Waals surface area contributed by atoms with E-state index in [9.17, 15) is 42.2 Å². The first-order valence-corrected chi connectivity index (χ1v) is 9.84. The molecule has 0 amide bonds. The zero-order valence-corrected chi connectivity index (χ0v) is 15.8. The standard InChI is InChI=1S/C16H16F3N2O8P/c17-16(18,19)9-3-1-8(2-4-9)10-6-21(15(24)20-14(10)23)13-5-11(22)12(29-13)7-28-30(25,26)27/h1-4,6,11-13,22H,5,7H2,(H,20,23,24)(H2,25,26,27)/p-2. The van der Waals surface area contributed by atoms with Gasteiger partial charge in [-0.25, -0.2) is 4.79 Å². The van der Waals surface area contributed by atoms with Crippen molar-refractivity contribution < 1.29 is 41.9 Å². The Morgan fingerprint density at radius 3 is 2.47 bits per heavy atom. The first-order chi connectivity index (χ1) is 13.8. The number of phosphoric acid groups is 1. The molecule has 3 unspecified atom stereocenters. The summed E-state index contributed by atoms with van der Waals surface area (Å²) in [4.78, 5) is 47.4. The summed E-state index contributed by atoms with van der Waals surface area (Å²) in [7, 11) is -5.30. The summed E-state index contributed by atoms with van der Waals surface area (Å²) in [5, 5.41) is 9.96. The molecule has 2 N–H and O–H groups in total. The van der Waals surface area contributed by atoms with Crippen LogP contribution < -0.4 is 21.0 Å². The highest BCUT2D eigenvalue weighted by molar-refractivity contribution is 7.43. The van der Waals surface area contributed by atoms with Crippen LogP contribution in [0.3, 0.4) is 0 Å². The van der Waals surface area contributed by atoms with Gasteiger partial charge in [-0.3, -0.25) is 14.3 Å². The van der Waals surface area contributed by atoms with Crippen molar-refractivity contribution in [2.75, 3.05) is 6.61 Å². The minimum absolute atomic E-state index is 0.0927. The van der Waals surface area contributed by atoms with Crippen LogP contribution in [0.25, 0.3) is 11.1 Å². The van der Waals surface area contributed by atoms with Gasteiger partial charge in [0.2, 0.25) is 0 Å². The van der Waals surface area contributed by atoms with Crippen molar-refractivity contribution in [1.82, 2.24) is 9.55 Å². The van der Waals surface area contributed by atoms with Crippen LogP contribution in [-0.2, 0) is 20.0 Å². The van der Waals surface area contributed by atoms with E-state index in [2.05, 4.69) is 4.52 Å². The average Bonchev–Trinajstić information content (AvgIpc) is 2.99. The zero-order chi connectivity index (χ0) is 22.3. The van der Waals surface area contributed by atoms with Crippen molar-refractivity contribution in [3.05, 3.63) is 56.9 Å². The summed E-state index contributed by atoms with van der Waals surface area (Å²) >= 11 is 0. The number of hydrogen-bond donors (Lipinski definition) is 2. The van der Waals surface area contributed by atoms with Crippen molar-refractivity contribution in [1.29, 1.82) is 0 Å². The van der Waals surface area contributed by atoms with E-state index >= 15 is 0 Å². The number of aromatic amines is 1. The predicted octanol–water partition coefficient (Wildman–Crippen LogP) is -0.284. The van der Waals surface area contributed by atoms with Gasteiger partial charge >= 0.3 is 11.9 Å². The van der Waals surface area contributed by atoms with Crippen LogP contribution in [0.5, 0.6) is 0 Å². The molecule has 1 saturated heterocycles. The third kappa shape index (κ3) is 5.06. The van der Waals surface area contributed by atoms with Gasteiger partial charge in [-0.05, 0) is 17.7 Å². The fourth-order valence-electron chi connectivity index (χ4n) is 2.94. The predicted molar refractivity (Wildman–Crippen MR) is 89.9 cm³/mol. The third-order valence-electron chi connectivity index (χ3n) is 4.40. The number of ether oxygens (including phenoxy) is 1. The number of halogens is 3. The number of benzene rings is 1. The minimum atomic E-state index is -5.30. The molecule has 30 heavy (non-hydrogen) atoms. The van der Waals surface area contributed by atoms with Crippen LogP contribution in [0, 0.1) is 0 Å². The fraction of sp³-hybridized carbons (Fsp3) is 0.375. The summed E-state index contributed by atoms with van der Waals surface area (Å²) in [6, 6.07) is 3.67. The number of nitrogens with one attached hydrogen (secondary N) is 1. The van der Waals surface area contributed by atoms with E-state index < -0.39 is 55.9 Å². The molecule has 1 aromatic carbocycles. The van der Waals surface area contributed by atoms with Crippen LogP contribution in [0.4, 0.5) is 13.2 Å². The maximum Gasteiger partial charge on any atom is 0.416 e. The molecule has 2 aromatic rings. The van der Waals surface area contributed by atoms with E-state index in [1.165, 1.54) is 0 Å². The maximum absolute atomic E-state index is 12.7. The second kappa shape index (κ2) is 8.10. The van der Waals surface area contributed by atoms with Crippen molar-refractivity contribution in [3.63, 3.8) is 0 Å². The number of nitrogens with zero attached hydrogens (tertiary/aromatic N) is 1. The smallest absolute Gasteiger partial charge is 0.416 e. The molecule has 0 saturated carbocycles. The largest absolute Gasteiger partial charge is 0.790 e. The molecule has 3 atom stereocenters. The summed E-state index contributed by atoms with van der Waals surface area (Å²) in [5.74, 6) is 0. The number of aromatic nitrogens is 2. The second-order valence-corrected chi connectivity index (χ2v) is 7.61. The van der Waals surface area contributed by atoms with Gasteiger partial charge in [-0.2, -0.15) is 13.2 Å². The molecular formula is C16H14F3N2O8P-2. The number of alkyl halides is 3. The molecule has 0 aliphatic carbocycles. The van der Waals surface area contributed by atoms with Crippen molar-refractivity contribution in [3.8, 4) is 11.1 Å². The van der Waals surface area contributed by atoms with E-state index in [0.717, 1.165) is 35.0 Å². The molecule has 3 rings (SSSR count). The van der Waals surface area contributed by atoms with Crippen LogP contribution >= 0.6 is 7.82 Å². The highest BCUT2D eigenvalue weighted by atomic mass is 31.2. The first-order valence-electron chi connectivity index (χ1n) is 8.38. The number of rotatable bonds is 5. The van der Waals surface area contributed by atoms with Gasteiger partial charge in [0, 0.05) is 12.6 Å². The summed E-state index contributed by atoms with van der Waals surface area (Å²) in [6.45, 7) is -0.772. The van der Waals surface area contributed by atoms with Crippen molar-refractivity contribution in [2.45, 2.75) is 31.0 Å². The Bertz CT molecular complexity index is 1080. The van der Waals surface area contributed by atoms with E-state index in [-0.39, 0.29) is 17.5 Å². The van der Waals surface area contributed by atoms with E-state index in [0.29, 0.717) is 0 Å². The van der Waals surface area contributed by atoms with Crippen molar-refractivity contribution in [2.24, 2.45) is 0 Å². The maximum atomic E-state index is 12.7. The molecule has 1 aliphatic rings. The normalized spacial score (nSPS) is 22.4. The zero-order valence-electron chi connectivity index (χ0n) is 14.9. The van der Waals surface area contributed by atoms with Crippen LogP contribution in [0.15, 0.2) is 40.1 Å². The lowest BCUT2D eigenvalue weighted by atomic mass is 10.1. The molecule has 164 valence electrons. The molecule has 2 heterocycles. The Kier molecular flexibility index (Phi) is 6.05. The summed E-state index contributed by atoms with van der Waals surface area (Å²) in [5.41, 5.74) is -2.74. The first kappa shape index (κ1) is 22.4. The highest BCUT2D eigenvalue weighted by Gasteiger charge is 2.36. The van der Waals surface area contributed by atoms with Gasteiger partial charge in [-0.1, -0.05) is 12.1 Å². The molecule has 14 heteroatoms. The van der Waals surface area contributed by atoms with Crippen LogP contribution in [-0.4, -0.2) is 33.5 Å². The second-order valence-electron chi connectivity index (χ2n) is 6.46. The van der Waals surface area contributed by atoms with Gasteiger partial charge < -0.3 is 28.7 Å². The van der Waals surface area contributed by atoms with Crippen LogP contribution in [0.2, 0.25) is 0 Å². The van der Waals surface area contributed by atoms with E-state index in [4.69, 9.17) is 4.74 Å². The number of hydrogen-bond acceptors (Lipinski definition) is 8. The molecule has 1 aliphatic heterocycles. The molecule has 1 fully saturated rings. The Hall–Kier alpha value is -2.28. The Balaban J connectivity index is 1.88. The summed E-state index contributed by atoms with van der Waals surface area (Å²) < 4.78 is 59.0. The third-order valence-corrected chi connectivity index (χ3v) is 4.87. The van der Waals surface area contributed by atoms with Crippen LogP contribution in [0.1, 0.15) is 18.2 Å². The number of aliphatic hydroxyl groups excluding tert-OH is 1. The topological polar surface area (TPSA) is 157 Å². The molecule has 0 bridgehead atoms. The molecular weight excluding hydrogens is 436 g/mol. The van der Waals surface area contributed by atoms with Gasteiger partial charge in [0.15, 0.2) is 0 Å². The Morgan fingerprint density at radius 1 is 1.27 bits per heavy atom. The Labute approximate surface area is 165 Å². The Morgan fingerprint density at radius 2 is 1.90 bits per heavy atom. The number of H-pyrrole nitrogens is 1. The van der Waals surface area contributed by atoms with Gasteiger partial charge in [0.1, 0.15) is 12.3 Å². The minimum Gasteiger partial charge on any atom is -0.790 e. The quantitative estimate of drug-likeness (QED) is 0.589. The lowest BCUT2D eigenvalue weighted by Crippen LogP contribution is -2.33. The molecule has 1 aromatic heterocycles. The average molecular weight is 450 g/mol. The van der Waals surface area contributed by atoms with Gasteiger partial charge in [0.25, 0.3) is 5.56 Å². The lowest BCUT2D eigenvalue weighted by molar-refractivity contribution is -0.343. The molecule has 0 spiro atoms. The highest BCUT2D eigenvalue weighted by Crippen LogP contribution is 2.33. The van der Waals surface area contributed by atoms with Crippen molar-refractivity contribution >= 4 is 7.82 Å². The monoisotopic (exact) mass is 450 g/mol. The fourth-order valence-corrected chi connectivity index (χ4v) is 3.27.